The van der Waals surface area contributed by atoms with Crippen LogP contribution < -0.4 is 4.74 Å². The van der Waals surface area contributed by atoms with E-state index < -0.39 is 22.7 Å². The minimum Gasteiger partial charge on any atom is -0.425 e. The van der Waals surface area contributed by atoms with E-state index in [2.05, 4.69) is 0 Å². The summed E-state index contributed by atoms with van der Waals surface area (Å²) in [5.74, 6) is -1.25. The number of carbonyl (C=O) groups is 3. The molecule has 0 radical (unpaired) electrons. The average Bonchev–Trinajstić information content (AvgIpc) is 3.31. The van der Waals surface area contributed by atoms with E-state index >= 15 is 0 Å². The Morgan fingerprint density at radius 3 is 2.34 bits per heavy atom. The zero-order chi connectivity index (χ0) is 20.6. The van der Waals surface area contributed by atoms with Crippen molar-refractivity contribution in [2.75, 3.05) is 0 Å². The number of ether oxygens (including phenoxy) is 1. The molecule has 5 rings (SSSR count). The van der Waals surface area contributed by atoms with Gasteiger partial charge in [0, 0.05) is 17.0 Å². The van der Waals surface area contributed by atoms with E-state index in [1.165, 1.54) is 6.92 Å². The molecule has 3 unspecified atom stereocenters. The van der Waals surface area contributed by atoms with Crippen molar-refractivity contribution < 1.29 is 19.1 Å². The molecule has 29 heavy (non-hydrogen) atoms. The molecule has 0 spiro atoms. The Hall–Kier alpha value is -3.27. The second kappa shape index (κ2) is 5.63. The molecule has 0 amide bonds. The standard InChI is InChI=1S/C25H20O4/c1-14-8-10-17(11-9-14)22(27)24(3)21-20-18-7-5-4-6-16(18)12-13-19(20)29-23(28)25(21,24)15(2)26/h4-13,21H,1-3H3. The molecule has 1 aliphatic carbocycles. The highest BCUT2D eigenvalue weighted by atomic mass is 16.5. The summed E-state index contributed by atoms with van der Waals surface area (Å²) < 4.78 is 5.65. The van der Waals surface area contributed by atoms with Crippen LogP contribution in [0.5, 0.6) is 5.75 Å². The molecule has 2 aliphatic rings. The van der Waals surface area contributed by atoms with E-state index in [1.807, 2.05) is 49.4 Å². The predicted molar refractivity (Wildman–Crippen MR) is 109 cm³/mol. The smallest absolute Gasteiger partial charge is 0.326 e. The molecular formula is C25H20O4. The van der Waals surface area contributed by atoms with Gasteiger partial charge in [0.05, 0.1) is 5.41 Å². The fourth-order valence-corrected chi connectivity index (χ4v) is 5.32. The van der Waals surface area contributed by atoms with Crippen molar-refractivity contribution in [2.45, 2.75) is 26.7 Å². The minimum absolute atomic E-state index is 0.199. The van der Waals surface area contributed by atoms with Crippen LogP contribution in [0, 0.1) is 17.8 Å². The number of ketones is 2. The third kappa shape index (κ3) is 2.01. The monoisotopic (exact) mass is 384 g/mol. The number of esters is 1. The van der Waals surface area contributed by atoms with Crippen LogP contribution in [0.25, 0.3) is 10.8 Å². The molecule has 0 N–H and O–H groups in total. The summed E-state index contributed by atoms with van der Waals surface area (Å²) in [4.78, 5) is 39.6. The lowest BCUT2D eigenvalue weighted by atomic mass is 9.84. The number of benzene rings is 3. The van der Waals surface area contributed by atoms with Crippen molar-refractivity contribution >= 4 is 28.3 Å². The first-order valence-electron chi connectivity index (χ1n) is 9.70. The minimum atomic E-state index is -1.48. The molecule has 3 atom stereocenters. The Kier molecular flexibility index (Phi) is 3.46. The second-order valence-electron chi connectivity index (χ2n) is 8.28. The summed E-state index contributed by atoms with van der Waals surface area (Å²) in [7, 11) is 0. The highest BCUT2D eigenvalue weighted by Crippen LogP contribution is 2.79. The van der Waals surface area contributed by atoms with Crippen LogP contribution in [0.3, 0.4) is 0 Å². The molecule has 0 aromatic heterocycles. The van der Waals surface area contributed by atoms with Crippen LogP contribution in [0.2, 0.25) is 0 Å². The summed E-state index contributed by atoms with van der Waals surface area (Å²) in [5.41, 5.74) is -0.340. The van der Waals surface area contributed by atoms with Gasteiger partial charge >= 0.3 is 5.97 Å². The van der Waals surface area contributed by atoms with Crippen LogP contribution in [0.1, 0.15) is 41.3 Å². The summed E-state index contributed by atoms with van der Waals surface area (Å²) in [6.45, 7) is 5.07. The van der Waals surface area contributed by atoms with Crippen molar-refractivity contribution in [3.63, 3.8) is 0 Å². The van der Waals surface area contributed by atoms with Crippen molar-refractivity contribution in [3.8, 4) is 5.75 Å². The summed E-state index contributed by atoms with van der Waals surface area (Å²) in [6.07, 6.45) is 0. The Morgan fingerprint density at radius 2 is 1.66 bits per heavy atom. The van der Waals surface area contributed by atoms with E-state index in [0.717, 1.165) is 21.9 Å². The molecule has 144 valence electrons. The number of hydrogen-bond donors (Lipinski definition) is 0. The van der Waals surface area contributed by atoms with Gasteiger partial charge in [0.2, 0.25) is 0 Å². The molecule has 0 bridgehead atoms. The fourth-order valence-electron chi connectivity index (χ4n) is 5.32. The third-order valence-corrected chi connectivity index (χ3v) is 6.83. The van der Waals surface area contributed by atoms with Crippen LogP contribution in [0.15, 0.2) is 60.7 Å². The molecule has 1 heterocycles. The Balaban J connectivity index is 1.77. The van der Waals surface area contributed by atoms with E-state index in [1.54, 1.807) is 25.1 Å². The van der Waals surface area contributed by atoms with Crippen molar-refractivity contribution in [2.24, 2.45) is 10.8 Å². The molecule has 1 aliphatic heterocycles. The van der Waals surface area contributed by atoms with Crippen LogP contribution in [0.4, 0.5) is 0 Å². The summed E-state index contributed by atoms with van der Waals surface area (Å²) in [5, 5.41) is 1.90. The number of aryl methyl sites for hydroxylation is 1. The SMILES string of the molecule is CC(=O)C12C(=O)Oc3ccc4ccccc4c3C1C2(C)C(=O)c1ccc(C)cc1. The summed E-state index contributed by atoms with van der Waals surface area (Å²) in [6, 6.07) is 18.7. The molecule has 4 heteroatoms. The molecule has 1 fully saturated rings. The average molecular weight is 384 g/mol. The zero-order valence-electron chi connectivity index (χ0n) is 16.5. The van der Waals surface area contributed by atoms with Crippen molar-refractivity contribution in [3.05, 3.63) is 77.4 Å². The van der Waals surface area contributed by atoms with Crippen LogP contribution in [-0.2, 0) is 9.59 Å². The lowest BCUT2D eigenvalue weighted by Crippen LogP contribution is -2.37. The number of Topliss-reactive ketones (excluding diaryl/α,β-unsaturated/α-hetero) is 2. The van der Waals surface area contributed by atoms with Crippen molar-refractivity contribution in [1.82, 2.24) is 0 Å². The van der Waals surface area contributed by atoms with Crippen LogP contribution in [-0.4, -0.2) is 17.5 Å². The van der Waals surface area contributed by atoms with Gasteiger partial charge in [0.25, 0.3) is 0 Å². The number of hydrogen-bond acceptors (Lipinski definition) is 4. The molecule has 3 aromatic carbocycles. The maximum Gasteiger partial charge on any atom is 0.326 e. The van der Waals surface area contributed by atoms with E-state index in [0.29, 0.717) is 11.3 Å². The largest absolute Gasteiger partial charge is 0.425 e. The first-order valence-corrected chi connectivity index (χ1v) is 9.70. The normalized spacial score (nSPS) is 27.0. The lowest BCUT2D eigenvalue weighted by Gasteiger charge is -2.22. The zero-order valence-corrected chi connectivity index (χ0v) is 16.5. The van der Waals surface area contributed by atoms with Gasteiger partial charge < -0.3 is 4.74 Å². The third-order valence-electron chi connectivity index (χ3n) is 6.83. The van der Waals surface area contributed by atoms with Gasteiger partial charge in [-0.25, -0.2) is 0 Å². The Morgan fingerprint density at radius 1 is 0.966 bits per heavy atom. The molecule has 3 aromatic rings. The topological polar surface area (TPSA) is 60.4 Å². The number of carbonyl (C=O) groups excluding carboxylic acids is 3. The maximum absolute atomic E-state index is 13.6. The second-order valence-corrected chi connectivity index (χ2v) is 8.28. The predicted octanol–water partition coefficient (Wildman–Crippen LogP) is 4.63. The molecule has 4 nitrogen and oxygen atoms in total. The number of fused-ring (bicyclic) bond motifs is 5. The van der Waals surface area contributed by atoms with Gasteiger partial charge in [-0.3, -0.25) is 14.4 Å². The van der Waals surface area contributed by atoms with E-state index in [4.69, 9.17) is 4.74 Å². The first kappa shape index (κ1) is 17.8. The van der Waals surface area contributed by atoms with Gasteiger partial charge in [-0.2, -0.15) is 0 Å². The molecule has 0 saturated heterocycles. The van der Waals surface area contributed by atoms with Crippen molar-refractivity contribution in [1.29, 1.82) is 0 Å². The van der Waals surface area contributed by atoms with Gasteiger partial charge in [-0.15, -0.1) is 0 Å². The van der Waals surface area contributed by atoms with E-state index in [-0.39, 0.29) is 11.6 Å². The fraction of sp³-hybridized carbons (Fsp3) is 0.240. The van der Waals surface area contributed by atoms with Crippen LogP contribution >= 0.6 is 0 Å². The Bertz CT molecular complexity index is 1220. The molecule has 1 saturated carbocycles. The Labute approximate surface area is 168 Å². The highest BCUT2D eigenvalue weighted by Gasteiger charge is 2.86. The van der Waals surface area contributed by atoms with Gasteiger partial charge in [-0.05, 0) is 30.7 Å². The van der Waals surface area contributed by atoms with Gasteiger partial charge in [0.1, 0.15) is 16.9 Å². The van der Waals surface area contributed by atoms with Gasteiger partial charge in [-0.1, -0.05) is 67.1 Å². The lowest BCUT2D eigenvalue weighted by molar-refractivity contribution is -0.147. The first-order chi connectivity index (χ1) is 13.8. The number of rotatable bonds is 3. The van der Waals surface area contributed by atoms with Gasteiger partial charge in [0.15, 0.2) is 5.78 Å². The quantitative estimate of drug-likeness (QED) is 0.286. The molecular weight excluding hydrogens is 364 g/mol. The highest BCUT2D eigenvalue weighted by molar-refractivity contribution is 6.22. The summed E-state index contributed by atoms with van der Waals surface area (Å²) >= 11 is 0. The van der Waals surface area contributed by atoms with E-state index in [9.17, 15) is 14.4 Å². The maximum atomic E-state index is 13.6.